The van der Waals surface area contributed by atoms with Crippen molar-refractivity contribution in [1.82, 2.24) is 0 Å². The fourth-order valence-corrected chi connectivity index (χ4v) is 0.610. The van der Waals surface area contributed by atoms with E-state index in [1.165, 1.54) is 0 Å². The largest absolute Gasteiger partial charge is 0.393 e. The monoisotopic (exact) mass is 144 g/mol. The fourth-order valence-electron chi connectivity index (χ4n) is 0.610. The van der Waals surface area contributed by atoms with Crippen molar-refractivity contribution in [3.05, 3.63) is 12.2 Å². The molecule has 1 unspecified atom stereocenters. The predicted octanol–water partition coefficient (Wildman–Crippen LogP) is 0.942. The Morgan fingerprint density at radius 3 is 2.00 bits per heavy atom. The molecule has 2 nitrogen and oxygen atoms in total. The van der Waals surface area contributed by atoms with Gasteiger partial charge >= 0.3 is 0 Å². The van der Waals surface area contributed by atoms with Crippen LogP contribution in [0.15, 0.2) is 12.2 Å². The van der Waals surface area contributed by atoms with Gasteiger partial charge in [-0.3, -0.25) is 0 Å². The summed E-state index contributed by atoms with van der Waals surface area (Å²) in [4.78, 5) is 0. The average molecular weight is 144 g/mol. The molecule has 0 saturated carbocycles. The van der Waals surface area contributed by atoms with Crippen LogP contribution < -0.4 is 0 Å². The maximum Gasteiger partial charge on any atom is 0.0983 e. The van der Waals surface area contributed by atoms with Crippen molar-refractivity contribution in [3.63, 3.8) is 0 Å². The maximum absolute atomic E-state index is 9.11. The van der Waals surface area contributed by atoms with Crippen molar-refractivity contribution in [2.45, 2.75) is 26.9 Å². The molecule has 0 rings (SSSR count). The molecule has 0 aliphatic heterocycles. The SMILES string of the molecule is C=C(C(O)CO)C(C)(C)C. The van der Waals surface area contributed by atoms with Gasteiger partial charge in [0.2, 0.25) is 0 Å². The van der Waals surface area contributed by atoms with Gasteiger partial charge in [0.05, 0.1) is 12.7 Å². The van der Waals surface area contributed by atoms with Crippen LogP contribution in [0, 0.1) is 5.41 Å². The Morgan fingerprint density at radius 2 is 1.90 bits per heavy atom. The van der Waals surface area contributed by atoms with E-state index in [1.807, 2.05) is 20.8 Å². The summed E-state index contributed by atoms with van der Waals surface area (Å²) in [5, 5.41) is 17.7. The summed E-state index contributed by atoms with van der Waals surface area (Å²) in [5.74, 6) is 0. The molecule has 0 spiro atoms. The molecule has 0 heterocycles. The first-order valence-electron chi connectivity index (χ1n) is 3.37. The Labute approximate surface area is 62.2 Å². The zero-order valence-corrected chi connectivity index (χ0v) is 6.89. The molecule has 10 heavy (non-hydrogen) atoms. The van der Waals surface area contributed by atoms with Crippen LogP contribution >= 0.6 is 0 Å². The molecule has 0 aromatic carbocycles. The summed E-state index contributed by atoms with van der Waals surface area (Å²) in [6.07, 6.45) is -0.778. The summed E-state index contributed by atoms with van der Waals surface area (Å²) in [6, 6.07) is 0. The molecule has 0 fully saturated rings. The molecule has 2 heteroatoms. The molecule has 0 aliphatic rings. The Morgan fingerprint density at radius 1 is 1.50 bits per heavy atom. The molecule has 0 aromatic heterocycles. The first-order chi connectivity index (χ1) is 4.39. The standard InChI is InChI=1S/C8H16O2/c1-6(7(10)5-9)8(2,3)4/h7,9-10H,1,5H2,2-4H3. The minimum absolute atomic E-state index is 0.123. The van der Waals surface area contributed by atoms with Gasteiger partial charge in [-0.15, -0.1) is 0 Å². The third-order valence-electron chi connectivity index (χ3n) is 1.54. The third kappa shape index (κ3) is 2.50. The Hall–Kier alpha value is -0.340. The van der Waals surface area contributed by atoms with E-state index in [1.54, 1.807) is 0 Å². The highest BCUT2D eigenvalue weighted by atomic mass is 16.3. The molecular formula is C8H16O2. The van der Waals surface area contributed by atoms with E-state index in [4.69, 9.17) is 10.2 Å². The highest BCUT2D eigenvalue weighted by Crippen LogP contribution is 2.25. The van der Waals surface area contributed by atoms with E-state index in [0.29, 0.717) is 5.57 Å². The van der Waals surface area contributed by atoms with Gasteiger partial charge < -0.3 is 10.2 Å². The molecular weight excluding hydrogens is 128 g/mol. The minimum Gasteiger partial charge on any atom is -0.393 e. The second-order valence-electron chi connectivity index (χ2n) is 3.47. The van der Waals surface area contributed by atoms with Gasteiger partial charge in [-0.25, -0.2) is 0 Å². The summed E-state index contributed by atoms with van der Waals surface area (Å²) >= 11 is 0. The lowest BCUT2D eigenvalue weighted by Crippen LogP contribution is -2.24. The van der Waals surface area contributed by atoms with Gasteiger partial charge in [-0.05, 0) is 11.0 Å². The van der Waals surface area contributed by atoms with E-state index in [0.717, 1.165) is 0 Å². The van der Waals surface area contributed by atoms with E-state index in [-0.39, 0.29) is 12.0 Å². The molecule has 60 valence electrons. The number of aliphatic hydroxyl groups is 2. The average Bonchev–Trinajstić information content (AvgIpc) is 1.83. The van der Waals surface area contributed by atoms with Crippen molar-refractivity contribution < 1.29 is 10.2 Å². The Bertz CT molecular complexity index is 122. The van der Waals surface area contributed by atoms with E-state index in [9.17, 15) is 0 Å². The lowest BCUT2D eigenvalue weighted by molar-refractivity contribution is 0.108. The molecule has 0 aliphatic carbocycles. The van der Waals surface area contributed by atoms with Crippen LogP contribution in [0.25, 0.3) is 0 Å². The lowest BCUT2D eigenvalue weighted by atomic mass is 9.84. The van der Waals surface area contributed by atoms with Crippen LogP contribution in [-0.4, -0.2) is 22.9 Å². The van der Waals surface area contributed by atoms with Crippen molar-refractivity contribution in [1.29, 1.82) is 0 Å². The minimum atomic E-state index is -0.778. The Balaban J connectivity index is 4.09. The third-order valence-corrected chi connectivity index (χ3v) is 1.54. The van der Waals surface area contributed by atoms with Gasteiger partial charge in [0.25, 0.3) is 0 Å². The quantitative estimate of drug-likeness (QED) is 0.566. The maximum atomic E-state index is 9.11. The first-order valence-corrected chi connectivity index (χ1v) is 3.37. The predicted molar refractivity (Wildman–Crippen MR) is 41.7 cm³/mol. The number of hydrogen-bond acceptors (Lipinski definition) is 2. The van der Waals surface area contributed by atoms with Crippen molar-refractivity contribution in [3.8, 4) is 0 Å². The van der Waals surface area contributed by atoms with Crippen LogP contribution in [0.4, 0.5) is 0 Å². The van der Waals surface area contributed by atoms with Crippen LogP contribution in [-0.2, 0) is 0 Å². The number of hydrogen-bond donors (Lipinski definition) is 2. The second-order valence-corrected chi connectivity index (χ2v) is 3.47. The summed E-state index contributed by atoms with van der Waals surface area (Å²) in [7, 11) is 0. The number of aliphatic hydroxyl groups excluding tert-OH is 2. The summed E-state index contributed by atoms with van der Waals surface area (Å²) in [5.41, 5.74) is 0.553. The van der Waals surface area contributed by atoms with E-state index < -0.39 is 6.10 Å². The van der Waals surface area contributed by atoms with Crippen LogP contribution in [0.3, 0.4) is 0 Å². The molecule has 0 aromatic rings. The van der Waals surface area contributed by atoms with Gasteiger partial charge in [0.1, 0.15) is 0 Å². The fraction of sp³-hybridized carbons (Fsp3) is 0.750. The number of rotatable bonds is 2. The molecule has 0 amide bonds. The van der Waals surface area contributed by atoms with Gasteiger partial charge in [-0.1, -0.05) is 27.4 Å². The molecule has 1 atom stereocenters. The highest BCUT2D eigenvalue weighted by molar-refractivity contribution is 5.10. The highest BCUT2D eigenvalue weighted by Gasteiger charge is 2.20. The second kappa shape index (κ2) is 3.17. The molecule has 0 bridgehead atoms. The van der Waals surface area contributed by atoms with Crippen LogP contribution in [0.5, 0.6) is 0 Å². The summed E-state index contributed by atoms with van der Waals surface area (Å²) < 4.78 is 0. The zero-order chi connectivity index (χ0) is 8.36. The normalized spacial score (nSPS) is 14.9. The first kappa shape index (κ1) is 9.66. The van der Waals surface area contributed by atoms with E-state index >= 15 is 0 Å². The van der Waals surface area contributed by atoms with Gasteiger partial charge in [0.15, 0.2) is 0 Å². The lowest BCUT2D eigenvalue weighted by Gasteiger charge is -2.24. The van der Waals surface area contributed by atoms with E-state index in [2.05, 4.69) is 6.58 Å². The smallest absolute Gasteiger partial charge is 0.0983 e. The molecule has 0 saturated heterocycles. The van der Waals surface area contributed by atoms with Gasteiger partial charge in [-0.2, -0.15) is 0 Å². The molecule has 2 N–H and O–H groups in total. The van der Waals surface area contributed by atoms with Crippen molar-refractivity contribution in [2.24, 2.45) is 5.41 Å². The van der Waals surface area contributed by atoms with Gasteiger partial charge in [0, 0.05) is 0 Å². The zero-order valence-electron chi connectivity index (χ0n) is 6.89. The topological polar surface area (TPSA) is 40.5 Å². The van der Waals surface area contributed by atoms with Crippen LogP contribution in [0.1, 0.15) is 20.8 Å². The Kier molecular flexibility index (Phi) is 3.06. The molecule has 0 radical (unpaired) electrons. The summed E-state index contributed by atoms with van der Waals surface area (Å²) in [6.45, 7) is 9.30. The van der Waals surface area contributed by atoms with Crippen molar-refractivity contribution >= 4 is 0 Å². The van der Waals surface area contributed by atoms with Crippen LogP contribution in [0.2, 0.25) is 0 Å². The van der Waals surface area contributed by atoms with Crippen molar-refractivity contribution in [2.75, 3.05) is 6.61 Å².